The molecule has 0 saturated heterocycles. The maximum atomic E-state index is 12.3. The fraction of sp³-hybridized carbons (Fsp3) is 0.385. The van der Waals surface area contributed by atoms with Gasteiger partial charge in [0.05, 0.1) is 4.90 Å². The van der Waals surface area contributed by atoms with Gasteiger partial charge >= 0.3 is 0 Å². The van der Waals surface area contributed by atoms with Crippen LogP contribution >= 0.6 is 11.5 Å². The van der Waals surface area contributed by atoms with Crippen molar-refractivity contribution in [2.45, 2.75) is 25.7 Å². The molecule has 0 aliphatic rings. The molecule has 2 N–H and O–H groups in total. The van der Waals surface area contributed by atoms with E-state index in [1.807, 2.05) is 26.0 Å². The first-order chi connectivity index (χ1) is 9.88. The molecule has 1 aromatic carbocycles. The van der Waals surface area contributed by atoms with Crippen LogP contribution < -0.4 is 10.0 Å². The molecule has 0 atom stereocenters. The first-order valence-corrected chi connectivity index (χ1v) is 8.75. The number of nitrogens with zero attached hydrogens (tertiary/aromatic N) is 2. The van der Waals surface area contributed by atoms with Crippen LogP contribution in [0.1, 0.15) is 17.0 Å². The highest BCUT2D eigenvalue weighted by atomic mass is 32.2. The van der Waals surface area contributed by atoms with Gasteiger partial charge in [0.2, 0.25) is 15.2 Å². The fourth-order valence-electron chi connectivity index (χ4n) is 1.80. The lowest BCUT2D eigenvalue weighted by atomic mass is 10.2. The van der Waals surface area contributed by atoms with Gasteiger partial charge in [0.15, 0.2) is 0 Å². The normalized spacial score (nSPS) is 11.6. The van der Waals surface area contributed by atoms with Crippen LogP contribution in [-0.2, 0) is 10.0 Å². The molecule has 0 amide bonds. The summed E-state index contributed by atoms with van der Waals surface area (Å²) in [6, 6.07) is 5.39. The van der Waals surface area contributed by atoms with Crippen LogP contribution in [0.3, 0.4) is 0 Å². The number of nitrogens with one attached hydrogen (secondary N) is 2. The van der Waals surface area contributed by atoms with Gasteiger partial charge in [-0.2, -0.15) is 4.37 Å². The maximum Gasteiger partial charge on any atom is 0.240 e. The molecule has 0 aliphatic carbocycles. The van der Waals surface area contributed by atoms with Gasteiger partial charge in [0, 0.05) is 24.6 Å². The minimum atomic E-state index is -3.49. The molecule has 1 aromatic heterocycles. The monoisotopic (exact) mass is 326 g/mol. The number of benzene rings is 1. The Morgan fingerprint density at radius 1 is 1.19 bits per heavy atom. The number of aryl methyl sites for hydroxylation is 3. The average molecular weight is 326 g/mol. The summed E-state index contributed by atoms with van der Waals surface area (Å²) in [7, 11) is -3.49. The minimum Gasteiger partial charge on any atom is -0.359 e. The van der Waals surface area contributed by atoms with E-state index in [0.29, 0.717) is 22.4 Å². The molecule has 0 bridgehead atoms. The Morgan fingerprint density at radius 3 is 2.62 bits per heavy atom. The second-order valence-electron chi connectivity index (χ2n) is 4.74. The van der Waals surface area contributed by atoms with Crippen molar-refractivity contribution in [2.24, 2.45) is 0 Å². The molecule has 0 fully saturated rings. The number of hydrogen-bond donors (Lipinski definition) is 2. The van der Waals surface area contributed by atoms with Crippen molar-refractivity contribution < 1.29 is 8.42 Å². The first kappa shape index (κ1) is 15.9. The summed E-state index contributed by atoms with van der Waals surface area (Å²) in [6.45, 7) is 6.21. The molecule has 114 valence electrons. The Labute approximate surface area is 128 Å². The van der Waals surface area contributed by atoms with E-state index in [2.05, 4.69) is 19.4 Å². The quantitative estimate of drug-likeness (QED) is 0.792. The zero-order valence-electron chi connectivity index (χ0n) is 12.2. The Balaban J connectivity index is 1.94. The second-order valence-corrected chi connectivity index (χ2v) is 7.23. The van der Waals surface area contributed by atoms with E-state index < -0.39 is 10.0 Å². The lowest BCUT2D eigenvalue weighted by Crippen LogP contribution is -2.29. The van der Waals surface area contributed by atoms with Gasteiger partial charge in [-0.15, -0.1) is 0 Å². The Kier molecular flexibility index (Phi) is 4.92. The number of anilines is 1. The number of aromatic nitrogens is 2. The smallest absolute Gasteiger partial charge is 0.240 e. The van der Waals surface area contributed by atoms with Gasteiger partial charge in [-0.1, -0.05) is 12.1 Å². The van der Waals surface area contributed by atoms with E-state index in [1.54, 1.807) is 13.0 Å². The average Bonchev–Trinajstić information content (AvgIpc) is 2.83. The van der Waals surface area contributed by atoms with Crippen molar-refractivity contribution in [3.63, 3.8) is 0 Å². The van der Waals surface area contributed by atoms with Gasteiger partial charge in [-0.05, 0) is 38.0 Å². The summed E-state index contributed by atoms with van der Waals surface area (Å²) < 4.78 is 31.1. The predicted molar refractivity (Wildman–Crippen MR) is 84.2 cm³/mol. The SMILES string of the molecule is Cc1ccc(C)c(S(=O)(=O)NCCNc2nc(C)ns2)c1. The van der Waals surface area contributed by atoms with Gasteiger partial charge in [0.25, 0.3) is 0 Å². The van der Waals surface area contributed by atoms with Crippen LogP contribution in [0.15, 0.2) is 23.1 Å². The molecule has 0 unspecified atom stereocenters. The molecule has 0 spiro atoms. The largest absolute Gasteiger partial charge is 0.359 e. The van der Waals surface area contributed by atoms with E-state index in [0.717, 1.165) is 11.1 Å². The van der Waals surface area contributed by atoms with Gasteiger partial charge < -0.3 is 5.32 Å². The second kappa shape index (κ2) is 6.50. The van der Waals surface area contributed by atoms with Crippen molar-refractivity contribution in [3.8, 4) is 0 Å². The van der Waals surface area contributed by atoms with Crippen molar-refractivity contribution in [1.82, 2.24) is 14.1 Å². The highest BCUT2D eigenvalue weighted by molar-refractivity contribution is 7.89. The summed E-state index contributed by atoms with van der Waals surface area (Å²) in [5.74, 6) is 0.707. The van der Waals surface area contributed by atoms with Gasteiger partial charge in [0.1, 0.15) is 5.82 Å². The van der Waals surface area contributed by atoms with Crippen molar-refractivity contribution in [2.75, 3.05) is 18.4 Å². The summed E-state index contributed by atoms with van der Waals surface area (Å²) in [5, 5.41) is 3.73. The van der Waals surface area contributed by atoms with Crippen LogP contribution in [-0.4, -0.2) is 30.9 Å². The molecule has 0 radical (unpaired) electrons. The summed E-state index contributed by atoms with van der Waals surface area (Å²) >= 11 is 1.26. The van der Waals surface area contributed by atoms with Crippen LogP contribution in [0.4, 0.5) is 5.13 Å². The van der Waals surface area contributed by atoms with Crippen molar-refractivity contribution >= 4 is 26.7 Å². The molecule has 2 rings (SSSR count). The molecular formula is C13H18N4O2S2. The highest BCUT2D eigenvalue weighted by Crippen LogP contribution is 2.16. The van der Waals surface area contributed by atoms with Crippen molar-refractivity contribution in [3.05, 3.63) is 35.2 Å². The Bertz CT molecular complexity index is 726. The Morgan fingerprint density at radius 2 is 1.95 bits per heavy atom. The van der Waals surface area contributed by atoms with Crippen LogP contribution in [0.2, 0.25) is 0 Å². The lowest BCUT2D eigenvalue weighted by Gasteiger charge is -2.10. The van der Waals surface area contributed by atoms with Gasteiger partial charge in [-0.3, -0.25) is 0 Å². The summed E-state index contributed by atoms with van der Waals surface area (Å²) in [4.78, 5) is 4.48. The molecule has 0 aliphatic heterocycles. The standard InChI is InChI=1S/C13H18N4O2S2/c1-9-4-5-10(2)12(8-9)21(18,19)15-7-6-14-13-16-11(3)17-20-13/h4-5,8,15H,6-7H2,1-3H3,(H,14,16,17). The maximum absolute atomic E-state index is 12.3. The highest BCUT2D eigenvalue weighted by Gasteiger charge is 2.16. The molecule has 6 nitrogen and oxygen atoms in total. The molecule has 2 aromatic rings. The van der Waals surface area contributed by atoms with Crippen molar-refractivity contribution in [1.29, 1.82) is 0 Å². The number of sulfonamides is 1. The molecule has 0 saturated carbocycles. The first-order valence-electron chi connectivity index (χ1n) is 6.49. The van der Waals surface area contributed by atoms with E-state index in [-0.39, 0.29) is 6.54 Å². The zero-order chi connectivity index (χ0) is 15.5. The third kappa shape index (κ3) is 4.23. The van der Waals surface area contributed by atoms with E-state index in [9.17, 15) is 8.42 Å². The number of rotatable bonds is 6. The Hall–Kier alpha value is -1.51. The topological polar surface area (TPSA) is 84.0 Å². The van der Waals surface area contributed by atoms with E-state index in [1.165, 1.54) is 11.5 Å². The molecule has 8 heteroatoms. The zero-order valence-corrected chi connectivity index (χ0v) is 13.8. The third-order valence-corrected chi connectivity index (χ3v) is 5.22. The third-order valence-electron chi connectivity index (χ3n) is 2.85. The van der Waals surface area contributed by atoms with Crippen LogP contribution in [0.5, 0.6) is 0 Å². The lowest BCUT2D eigenvalue weighted by molar-refractivity contribution is 0.582. The predicted octanol–water partition coefficient (Wildman–Crippen LogP) is 1.85. The molecule has 1 heterocycles. The molecular weight excluding hydrogens is 308 g/mol. The summed E-state index contributed by atoms with van der Waals surface area (Å²) in [6.07, 6.45) is 0. The molecule has 21 heavy (non-hydrogen) atoms. The summed E-state index contributed by atoms with van der Waals surface area (Å²) in [5.41, 5.74) is 1.66. The van der Waals surface area contributed by atoms with E-state index >= 15 is 0 Å². The van der Waals surface area contributed by atoms with Gasteiger partial charge in [-0.25, -0.2) is 18.1 Å². The van der Waals surface area contributed by atoms with E-state index in [4.69, 9.17) is 0 Å². The van der Waals surface area contributed by atoms with Crippen LogP contribution in [0.25, 0.3) is 0 Å². The fourth-order valence-corrected chi connectivity index (χ4v) is 3.76. The minimum absolute atomic E-state index is 0.286. The number of hydrogen-bond acceptors (Lipinski definition) is 6. The van der Waals surface area contributed by atoms with Crippen LogP contribution in [0, 0.1) is 20.8 Å².